The van der Waals surface area contributed by atoms with Crippen LogP contribution in [0.15, 0.2) is 22.7 Å². The average Bonchev–Trinajstić information content (AvgIpc) is 2.33. The number of halogens is 2. The van der Waals surface area contributed by atoms with Crippen molar-refractivity contribution in [3.8, 4) is 0 Å². The van der Waals surface area contributed by atoms with Crippen molar-refractivity contribution in [1.29, 1.82) is 0 Å². The molecule has 4 nitrogen and oxygen atoms in total. The molecule has 1 aromatic rings. The number of nitrogens with zero attached hydrogens (tertiary/aromatic N) is 2. The maximum absolute atomic E-state index is 12.0. The summed E-state index contributed by atoms with van der Waals surface area (Å²) in [5.74, 6) is 0. The summed E-state index contributed by atoms with van der Waals surface area (Å²) < 4.78 is 0.894. The van der Waals surface area contributed by atoms with Crippen LogP contribution in [0.4, 0.5) is 10.5 Å². The predicted octanol–water partition coefficient (Wildman–Crippen LogP) is 2.88. The minimum Gasteiger partial charge on any atom is -0.322 e. The fourth-order valence-electron chi connectivity index (χ4n) is 1.79. The van der Waals surface area contributed by atoms with Gasteiger partial charge in [0.25, 0.3) is 0 Å². The van der Waals surface area contributed by atoms with Gasteiger partial charge in [0.1, 0.15) is 0 Å². The Morgan fingerprint density at radius 1 is 1.33 bits per heavy atom. The molecule has 0 saturated carbocycles. The SMILES string of the molecule is CN1CCN(C(=O)Nc2ccc(Br)cc2Cl)CC1. The van der Waals surface area contributed by atoms with E-state index in [1.807, 2.05) is 6.07 Å². The molecule has 2 amide bonds. The fraction of sp³-hybridized carbons (Fsp3) is 0.417. The molecule has 98 valence electrons. The van der Waals surface area contributed by atoms with Crippen molar-refractivity contribution in [1.82, 2.24) is 9.80 Å². The van der Waals surface area contributed by atoms with E-state index >= 15 is 0 Å². The van der Waals surface area contributed by atoms with Gasteiger partial charge in [-0.3, -0.25) is 0 Å². The van der Waals surface area contributed by atoms with Crippen molar-refractivity contribution in [2.24, 2.45) is 0 Å². The molecule has 0 spiro atoms. The van der Waals surface area contributed by atoms with E-state index in [2.05, 4.69) is 33.2 Å². The molecule has 18 heavy (non-hydrogen) atoms. The lowest BCUT2D eigenvalue weighted by molar-refractivity contribution is 0.164. The van der Waals surface area contributed by atoms with Crippen LogP contribution in [0, 0.1) is 0 Å². The zero-order valence-corrected chi connectivity index (χ0v) is 12.5. The van der Waals surface area contributed by atoms with Crippen molar-refractivity contribution < 1.29 is 4.79 Å². The Balaban J connectivity index is 1.98. The number of carbonyl (C=O) groups is 1. The molecule has 0 bridgehead atoms. The first-order chi connectivity index (χ1) is 8.56. The Bertz CT molecular complexity index is 447. The maximum Gasteiger partial charge on any atom is 0.321 e. The number of likely N-dealkylation sites (N-methyl/N-ethyl adjacent to an activating group) is 1. The number of amides is 2. The molecule has 1 N–H and O–H groups in total. The molecule has 0 aromatic heterocycles. The van der Waals surface area contributed by atoms with Gasteiger partial charge >= 0.3 is 6.03 Å². The van der Waals surface area contributed by atoms with Crippen LogP contribution in [0.5, 0.6) is 0 Å². The van der Waals surface area contributed by atoms with Gasteiger partial charge in [0.15, 0.2) is 0 Å². The zero-order chi connectivity index (χ0) is 13.1. The number of piperazine rings is 1. The third-order valence-corrected chi connectivity index (χ3v) is 3.77. The van der Waals surface area contributed by atoms with E-state index in [1.54, 1.807) is 17.0 Å². The lowest BCUT2D eigenvalue weighted by Gasteiger charge is -2.32. The number of benzene rings is 1. The third kappa shape index (κ3) is 3.37. The second kappa shape index (κ2) is 5.91. The Labute approximate surface area is 120 Å². The Kier molecular flexibility index (Phi) is 4.48. The molecule has 1 aromatic carbocycles. The molecule has 0 unspecified atom stereocenters. The van der Waals surface area contributed by atoms with Crippen LogP contribution in [-0.4, -0.2) is 49.1 Å². The van der Waals surface area contributed by atoms with Gasteiger partial charge in [-0.25, -0.2) is 4.79 Å². The highest BCUT2D eigenvalue weighted by molar-refractivity contribution is 9.10. The largest absolute Gasteiger partial charge is 0.322 e. The Hall–Kier alpha value is -0.780. The summed E-state index contributed by atoms with van der Waals surface area (Å²) in [4.78, 5) is 16.0. The van der Waals surface area contributed by atoms with Gasteiger partial charge in [0.2, 0.25) is 0 Å². The van der Waals surface area contributed by atoms with E-state index in [4.69, 9.17) is 11.6 Å². The monoisotopic (exact) mass is 331 g/mol. The second-order valence-electron chi connectivity index (χ2n) is 4.34. The third-order valence-electron chi connectivity index (χ3n) is 2.96. The van der Waals surface area contributed by atoms with Crippen molar-refractivity contribution in [3.05, 3.63) is 27.7 Å². The van der Waals surface area contributed by atoms with Crippen LogP contribution in [0.25, 0.3) is 0 Å². The van der Waals surface area contributed by atoms with Crippen molar-refractivity contribution in [2.75, 3.05) is 38.5 Å². The molecule has 1 aliphatic rings. The molecule has 1 heterocycles. The van der Waals surface area contributed by atoms with E-state index in [-0.39, 0.29) is 6.03 Å². The summed E-state index contributed by atoms with van der Waals surface area (Å²) in [6, 6.07) is 5.32. The normalized spacial score (nSPS) is 16.7. The van der Waals surface area contributed by atoms with Crippen molar-refractivity contribution in [3.63, 3.8) is 0 Å². The van der Waals surface area contributed by atoms with Gasteiger partial charge in [-0.2, -0.15) is 0 Å². The summed E-state index contributed by atoms with van der Waals surface area (Å²) >= 11 is 9.40. The highest BCUT2D eigenvalue weighted by Gasteiger charge is 2.19. The van der Waals surface area contributed by atoms with Crippen LogP contribution < -0.4 is 5.32 Å². The van der Waals surface area contributed by atoms with Gasteiger partial charge in [-0.15, -0.1) is 0 Å². The van der Waals surface area contributed by atoms with Gasteiger partial charge in [0.05, 0.1) is 10.7 Å². The molecule has 0 radical (unpaired) electrons. The number of hydrogen-bond donors (Lipinski definition) is 1. The molecule has 2 rings (SSSR count). The number of anilines is 1. The zero-order valence-electron chi connectivity index (χ0n) is 10.1. The highest BCUT2D eigenvalue weighted by Crippen LogP contribution is 2.25. The van der Waals surface area contributed by atoms with Crippen molar-refractivity contribution in [2.45, 2.75) is 0 Å². The van der Waals surface area contributed by atoms with E-state index in [0.29, 0.717) is 10.7 Å². The number of urea groups is 1. The van der Waals surface area contributed by atoms with Crippen LogP contribution in [0.3, 0.4) is 0 Å². The molecule has 1 aliphatic heterocycles. The number of hydrogen-bond acceptors (Lipinski definition) is 2. The number of nitrogens with one attached hydrogen (secondary N) is 1. The maximum atomic E-state index is 12.0. The highest BCUT2D eigenvalue weighted by atomic mass is 79.9. The fourth-order valence-corrected chi connectivity index (χ4v) is 2.52. The molecular weight excluding hydrogens is 318 g/mol. The second-order valence-corrected chi connectivity index (χ2v) is 5.67. The van der Waals surface area contributed by atoms with E-state index in [1.165, 1.54) is 0 Å². The predicted molar refractivity (Wildman–Crippen MR) is 77.2 cm³/mol. The first-order valence-corrected chi connectivity index (χ1v) is 6.93. The Morgan fingerprint density at radius 2 is 2.00 bits per heavy atom. The van der Waals surface area contributed by atoms with Gasteiger partial charge in [0, 0.05) is 30.7 Å². The summed E-state index contributed by atoms with van der Waals surface area (Å²) in [7, 11) is 2.06. The lowest BCUT2D eigenvalue weighted by atomic mass is 10.3. The molecule has 1 saturated heterocycles. The van der Waals surface area contributed by atoms with Crippen LogP contribution >= 0.6 is 27.5 Å². The van der Waals surface area contributed by atoms with Gasteiger partial charge < -0.3 is 15.1 Å². The molecule has 0 aliphatic carbocycles. The first-order valence-electron chi connectivity index (χ1n) is 5.76. The Morgan fingerprint density at radius 3 is 2.61 bits per heavy atom. The first kappa shape index (κ1) is 13.6. The molecule has 1 fully saturated rings. The van der Waals surface area contributed by atoms with E-state index in [0.717, 1.165) is 30.7 Å². The minimum atomic E-state index is -0.0904. The van der Waals surface area contributed by atoms with Crippen LogP contribution in [0.2, 0.25) is 5.02 Å². The standard InChI is InChI=1S/C12H15BrClN3O/c1-16-4-6-17(7-5-16)12(18)15-11-3-2-9(13)8-10(11)14/h2-3,8H,4-7H2,1H3,(H,15,18). The number of carbonyl (C=O) groups excluding carboxylic acids is 1. The topological polar surface area (TPSA) is 35.6 Å². The summed E-state index contributed by atoms with van der Waals surface area (Å²) in [5, 5.41) is 3.37. The summed E-state index contributed by atoms with van der Waals surface area (Å²) in [6.07, 6.45) is 0. The van der Waals surface area contributed by atoms with Crippen LogP contribution in [0.1, 0.15) is 0 Å². The molecule has 0 atom stereocenters. The average molecular weight is 333 g/mol. The number of rotatable bonds is 1. The lowest BCUT2D eigenvalue weighted by Crippen LogP contribution is -2.48. The van der Waals surface area contributed by atoms with Gasteiger partial charge in [-0.1, -0.05) is 27.5 Å². The van der Waals surface area contributed by atoms with Crippen LogP contribution in [-0.2, 0) is 0 Å². The quantitative estimate of drug-likeness (QED) is 0.858. The van der Waals surface area contributed by atoms with Gasteiger partial charge in [-0.05, 0) is 25.2 Å². The minimum absolute atomic E-state index is 0.0904. The van der Waals surface area contributed by atoms with Crippen molar-refractivity contribution >= 4 is 39.2 Å². The van der Waals surface area contributed by atoms with E-state index < -0.39 is 0 Å². The summed E-state index contributed by atoms with van der Waals surface area (Å²) in [6.45, 7) is 3.30. The molecular formula is C12H15BrClN3O. The smallest absolute Gasteiger partial charge is 0.321 e. The summed E-state index contributed by atoms with van der Waals surface area (Å²) in [5.41, 5.74) is 0.642. The van der Waals surface area contributed by atoms with E-state index in [9.17, 15) is 4.79 Å². The molecule has 6 heteroatoms.